The van der Waals surface area contributed by atoms with Crippen molar-refractivity contribution in [3.63, 3.8) is 0 Å². The average molecular weight is 349 g/mol. The van der Waals surface area contributed by atoms with Gasteiger partial charge in [-0.15, -0.1) is 11.3 Å². The van der Waals surface area contributed by atoms with Crippen molar-refractivity contribution in [1.29, 1.82) is 0 Å². The lowest BCUT2D eigenvalue weighted by molar-refractivity contribution is 0.190. The number of hydrogen-bond acceptors (Lipinski definition) is 2. The van der Waals surface area contributed by atoms with E-state index < -0.39 is 0 Å². The Morgan fingerprint density at radius 2 is 2.13 bits per heavy atom. The molecule has 0 saturated carbocycles. The molecule has 1 saturated heterocycles. The van der Waals surface area contributed by atoms with Crippen molar-refractivity contribution in [2.45, 2.75) is 38.6 Å². The Morgan fingerprint density at radius 3 is 2.87 bits per heavy atom. The van der Waals surface area contributed by atoms with Gasteiger partial charge in [0.25, 0.3) is 0 Å². The zero-order chi connectivity index (χ0) is 16.2. The summed E-state index contributed by atoms with van der Waals surface area (Å²) in [5, 5.41) is 3.62. The van der Waals surface area contributed by atoms with Crippen LogP contribution in [0.3, 0.4) is 0 Å². The maximum absolute atomic E-state index is 12.8. The third kappa shape index (κ3) is 4.06. The van der Waals surface area contributed by atoms with Crippen molar-refractivity contribution in [2.75, 3.05) is 11.9 Å². The molecule has 0 aliphatic carbocycles. The molecule has 0 radical (unpaired) electrons. The fourth-order valence-electron chi connectivity index (χ4n) is 3.04. The second kappa shape index (κ2) is 7.37. The van der Waals surface area contributed by atoms with Gasteiger partial charge in [0.2, 0.25) is 0 Å². The Bertz CT molecular complexity index is 685. The second-order valence-corrected chi connectivity index (χ2v) is 7.70. The molecule has 1 aliphatic heterocycles. The molecule has 5 heteroatoms. The number of urea groups is 1. The Kier molecular flexibility index (Phi) is 5.23. The zero-order valence-electron chi connectivity index (χ0n) is 13.2. The number of aryl methyl sites for hydroxylation is 1. The molecule has 122 valence electrons. The van der Waals surface area contributed by atoms with E-state index in [4.69, 9.17) is 11.6 Å². The van der Waals surface area contributed by atoms with E-state index in [1.165, 1.54) is 22.6 Å². The van der Waals surface area contributed by atoms with E-state index in [9.17, 15) is 4.79 Å². The lowest BCUT2D eigenvalue weighted by Gasteiger charge is -2.29. The molecule has 23 heavy (non-hydrogen) atoms. The fraction of sp³-hybridized carbons (Fsp3) is 0.389. The number of carbonyl (C=O) groups excluding carboxylic acids is 1. The number of nitrogens with one attached hydrogen (secondary N) is 1. The maximum Gasteiger partial charge on any atom is 0.322 e. The normalized spacial score (nSPS) is 18.5. The molecule has 2 heterocycles. The minimum Gasteiger partial charge on any atom is -0.317 e. The van der Waals surface area contributed by atoms with E-state index in [0.717, 1.165) is 25.1 Å². The number of halogens is 1. The molecule has 0 bridgehead atoms. The van der Waals surface area contributed by atoms with Crippen molar-refractivity contribution in [3.8, 4) is 0 Å². The monoisotopic (exact) mass is 348 g/mol. The predicted molar refractivity (Wildman–Crippen MR) is 97.4 cm³/mol. The highest BCUT2D eigenvalue weighted by molar-refractivity contribution is 7.12. The molecule has 1 atom stereocenters. The van der Waals surface area contributed by atoms with Crippen LogP contribution in [0.2, 0.25) is 5.02 Å². The first-order valence-corrected chi connectivity index (χ1v) is 9.22. The number of anilines is 1. The molecule has 2 amide bonds. The standard InChI is InChI=1S/C18H21ClN2OS/c1-13-9-10-17(23-13)16-8-3-2-4-11-21(16)18(22)20-15-7-5-6-14(19)12-15/h5-7,9-10,12,16H,2-4,8,11H2,1H3,(H,20,22)/t16-/m0/s1. The lowest BCUT2D eigenvalue weighted by Crippen LogP contribution is -2.37. The van der Waals surface area contributed by atoms with Crippen LogP contribution < -0.4 is 5.32 Å². The third-order valence-corrected chi connectivity index (χ3v) is 5.52. The van der Waals surface area contributed by atoms with Gasteiger partial charge in [-0.1, -0.05) is 30.5 Å². The van der Waals surface area contributed by atoms with Crippen molar-refractivity contribution in [2.24, 2.45) is 0 Å². The number of amides is 2. The highest BCUT2D eigenvalue weighted by Gasteiger charge is 2.27. The van der Waals surface area contributed by atoms with Gasteiger partial charge in [0.05, 0.1) is 6.04 Å². The largest absolute Gasteiger partial charge is 0.322 e. The molecule has 2 aromatic rings. The van der Waals surface area contributed by atoms with Gasteiger partial charge in [-0.05, 0) is 50.1 Å². The number of carbonyl (C=O) groups is 1. The van der Waals surface area contributed by atoms with Crippen LogP contribution in [0.25, 0.3) is 0 Å². The molecule has 1 N–H and O–H groups in total. The molecule has 0 unspecified atom stereocenters. The second-order valence-electron chi connectivity index (χ2n) is 5.95. The van der Waals surface area contributed by atoms with Crippen molar-refractivity contribution in [1.82, 2.24) is 4.90 Å². The van der Waals surface area contributed by atoms with Gasteiger partial charge >= 0.3 is 6.03 Å². The number of benzene rings is 1. The smallest absolute Gasteiger partial charge is 0.317 e. The van der Waals surface area contributed by atoms with E-state index >= 15 is 0 Å². The number of thiophene rings is 1. The van der Waals surface area contributed by atoms with Crippen molar-refractivity contribution in [3.05, 3.63) is 51.2 Å². The molecule has 1 aromatic heterocycles. The lowest BCUT2D eigenvalue weighted by atomic mass is 10.1. The molecular weight excluding hydrogens is 328 g/mol. The van der Waals surface area contributed by atoms with Crippen LogP contribution in [-0.4, -0.2) is 17.5 Å². The minimum absolute atomic E-state index is 0.0368. The Labute approximate surface area is 146 Å². The van der Waals surface area contributed by atoms with Gasteiger partial charge in [-0.25, -0.2) is 4.79 Å². The zero-order valence-corrected chi connectivity index (χ0v) is 14.8. The minimum atomic E-state index is -0.0368. The number of likely N-dealkylation sites (tertiary alicyclic amines) is 1. The molecule has 3 nitrogen and oxygen atoms in total. The first-order chi connectivity index (χ1) is 11.1. The summed E-state index contributed by atoms with van der Waals surface area (Å²) in [6.07, 6.45) is 4.44. The van der Waals surface area contributed by atoms with Crippen LogP contribution in [0.1, 0.15) is 41.5 Å². The number of rotatable bonds is 2. The highest BCUT2D eigenvalue weighted by Crippen LogP contribution is 2.34. The van der Waals surface area contributed by atoms with Crippen LogP contribution in [0.5, 0.6) is 0 Å². The van der Waals surface area contributed by atoms with Gasteiger partial charge in [0.15, 0.2) is 0 Å². The van der Waals surface area contributed by atoms with Crippen LogP contribution in [0.15, 0.2) is 36.4 Å². The SMILES string of the molecule is Cc1ccc([C@@H]2CCCCCN2C(=O)Nc2cccc(Cl)c2)s1. The molecular formula is C18H21ClN2OS. The van der Waals surface area contributed by atoms with E-state index in [-0.39, 0.29) is 12.1 Å². The van der Waals surface area contributed by atoms with E-state index in [1.807, 2.05) is 17.0 Å². The summed E-state index contributed by atoms with van der Waals surface area (Å²) >= 11 is 7.79. The van der Waals surface area contributed by atoms with E-state index in [2.05, 4.69) is 24.4 Å². The quantitative estimate of drug-likeness (QED) is 0.724. The summed E-state index contributed by atoms with van der Waals surface area (Å²) in [6, 6.07) is 11.7. The first kappa shape index (κ1) is 16.3. The van der Waals surface area contributed by atoms with Crippen LogP contribution in [0, 0.1) is 6.92 Å². The van der Waals surface area contributed by atoms with Gasteiger partial charge in [-0.2, -0.15) is 0 Å². The highest BCUT2D eigenvalue weighted by atomic mass is 35.5. The summed E-state index contributed by atoms with van der Waals surface area (Å²) in [5.41, 5.74) is 0.743. The predicted octanol–water partition coefficient (Wildman–Crippen LogP) is 5.86. The summed E-state index contributed by atoms with van der Waals surface area (Å²) in [4.78, 5) is 17.4. The number of hydrogen-bond donors (Lipinski definition) is 1. The molecule has 0 spiro atoms. The Morgan fingerprint density at radius 1 is 1.26 bits per heavy atom. The van der Waals surface area contributed by atoms with Crippen LogP contribution >= 0.6 is 22.9 Å². The number of nitrogens with zero attached hydrogens (tertiary/aromatic N) is 1. The molecule has 1 aliphatic rings. The van der Waals surface area contributed by atoms with Gasteiger partial charge in [0, 0.05) is 27.0 Å². The first-order valence-electron chi connectivity index (χ1n) is 8.03. The molecule has 1 fully saturated rings. The Balaban J connectivity index is 1.80. The summed E-state index contributed by atoms with van der Waals surface area (Å²) < 4.78 is 0. The fourth-order valence-corrected chi connectivity index (χ4v) is 4.26. The maximum atomic E-state index is 12.8. The van der Waals surface area contributed by atoms with E-state index in [1.54, 1.807) is 23.5 Å². The summed E-state index contributed by atoms with van der Waals surface area (Å²) in [7, 11) is 0. The summed E-state index contributed by atoms with van der Waals surface area (Å²) in [5.74, 6) is 0. The van der Waals surface area contributed by atoms with Gasteiger partial charge in [0.1, 0.15) is 0 Å². The molecule has 3 rings (SSSR count). The van der Waals surface area contributed by atoms with Crippen molar-refractivity contribution >= 4 is 34.7 Å². The third-order valence-electron chi connectivity index (χ3n) is 4.18. The van der Waals surface area contributed by atoms with Crippen molar-refractivity contribution < 1.29 is 4.79 Å². The van der Waals surface area contributed by atoms with Gasteiger partial charge in [-0.3, -0.25) is 0 Å². The van der Waals surface area contributed by atoms with Crippen LogP contribution in [-0.2, 0) is 0 Å². The Hall–Kier alpha value is -1.52. The van der Waals surface area contributed by atoms with Crippen LogP contribution in [0.4, 0.5) is 10.5 Å². The molecule has 1 aromatic carbocycles. The van der Waals surface area contributed by atoms with E-state index in [0.29, 0.717) is 5.02 Å². The van der Waals surface area contributed by atoms with Gasteiger partial charge < -0.3 is 10.2 Å². The topological polar surface area (TPSA) is 32.3 Å². The average Bonchev–Trinajstić information content (AvgIpc) is 2.81. The summed E-state index contributed by atoms with van der Waals surface area (Å²) in [6.45, 7) is 2.91.